The summed E-state index contributed by atoms with van der Waals surface area (Å²) in [6.45, 7) is 1.61. The first-order valence-electron chi connectivity index (χ1n) is 4.95. The van der Waals surface area contributed by atoms with Crippen molar-refractivity contribution in [2.24, 2.45) is 5.73 Å². The zero-order valence-electron chi connectivity index (χ0n) is 9.24. The van der Waals surface area contributed by atoms with E-state index in [-0.39, 0.29) is 24.5 Å². The Hall–Kier alpha value is -1.76. The van der Waals surface area contributed by atoms with Crippen LogP contribution >= 0.6 is 0 Å². The van der Waals surface area contributed by atoms with Crippen LogP contribution in [0.5, 0.6) is 0 Å². The third-order valence-corrected chi connectivity index (χ3v) is 2.09. The summed E-state index contributed by atoms with van der Waals surface area (Å²) >= 11 is 0. The molecule has 17 heavy (non-hydrogen) atoms. The van der Waals surface area contributed by atoms with Gasteiger partial charge in [-0.2, -0.15) is 0 Å². The Labute approximate surface area is 96.8 Å². The van der Waals surface area contributed by atoms with Gasteiger partial charge in [0.15, 0.2) is 5.69 Å². The van der Waals surface area contributed by atoms with Crippen molar-refractivity contribution in [3.8, 4) is 0 Å². The van der Waals surface area contributed by atoms with E-state index in [2.05, 4.69) is 9.72 Å². The number of hydrogen-bond acceptors (Lipinski definition) is 5. The predicted molar refractivity (Wildman–Crippen MR) is 57.5 cm³/mol. The molecule has 1 rings (SSSR count). The van der Waals surface area contributed by atoms with E-state index >= 15 is 0 Å². The molecule has 0 aliphatic carbocycles. The lowest BCUT2D eigenvalue weighted by Gasteiger charge is -2.11. The van der Waals surface area contributed by atoms with Crippen LogP contribution < -0.4 is 11.5 Å². The van der Waals surface area contributed by atoms with Crippen molar-refractivity contribution in [3.63, 3.8) is 0 Å². The van der Waals surface area contributed by atoms with E-state index in [0.29, 0.717) is 0 Å². The summed E-state index contributed by atoms with van der Waals surface area (Å²) in [5.41, 5.74) is 10.1. The molecule has 0 saturated carbocycles. The molecule has 0 amide bonds. The maximum Gasteiger partial charge on any atom is 0.357 e. The Bertz CT molecular complexity index is 424. The number of esters is 1. The lowest BCUT2D eigenvalue weighted by Crippen LogP contribution is -2.15. The van der Waals surface area contributed by atoms with Crippen LogP contribution in [0.25, 0.3) is 0 Å². The molecule has 0 aliphatic heterocycles. The van der Waals surface area contributed by atoms with Crippen LogP contribution in [0.4, 0.5) is 14.6 Å². The highest BCUT2D eigenvalue weighted by molar-refractivity contribution is 5.89. The third-order valence-electron chi connectivity index (χ3n) is 2.09. The summed E-state index contributed by atoms with van der Waals surface area (Å²) in [5, 5.41) is 0. The van der Waals surface area contributed by atoms with E-state index in [1.165, 1.54) is 0 Å². The van der Waals surface area contributed by atoms with Crippen LogP contribution in [0.2, 0.25) is 0 Å². The molecule has 1 heterocycles. The van der Waals surface area contributed by atoms with Crippen molar-refractivity contribution in [2.75, 3.05) is 12.3 Å². The Balaban J connectivity index is 3.27. The Kier molecular flexibility index (Phi) is 4.33. The molecule has 94 valence electrons. The van der Waals surface area contributed by atoms with Crippen LogP contribution in [0, 0.1) is 0 Å². The van der Waals surface area contributed by atoms with Gasteiger partial charge in [-0.1, -0.05) is 0 Å². The number of nitrogens with zero attached hydrogens (tertiary/aromatic N) is 1. The maximum atomic E-state index is 12.7. The number of aromatic nitrogens is 1. The van der Waals surface area contributed by atoms with Crippen LogP contribution in [-0.4, -0.2) is 17.6 Å². The molecule has 0 bridgehead atoms. The van der Waals surface area contributed by atoms with Crippen LogP contribution in [0.1, 0.15) is 35.0 Å². The average Bonchev–Trinajstić information content (AvgIpc) is 2.28. The monoisotopic (exact) mass is 245 g/mol. The van der Waals surface area contributed by atoms with Gasteiger partial charge in [0, 0.05) is 12.1 Å². The van der Waals surface area contributed by atoms with E-state index in [9.17, 15) is 13.6 Å². The molecule has 7 heteroatoms. The first-order chi connectivity index (χ1) is 8.01. The van der Waals surface area contributed by atoms with E-state index in [0.717, 1.165) is 6.07 Å². The molecular formula is C10H13F2N3O2. The van der Waals surface area contributed by atoms with E-state index in [1.54, 1.807) is 6.92 Å². The summed E-state index contributed by atoms with van der Waals surface area (Å²) in [6.07, 6.45) is -2.84. The maximum absolute atomic E-state index is 12.7. The predicted octanol–water partition coefficient (Wildman–Crippen LogP) is 1.24. The van der Waals surface area contributed by atoms with Gasteiger partial charge in [0.25, 0.3) is 6.43 Å². The summed E-state index contributed by atoms with van der Waals surface area (Å²) in [6, 6.07) is 1.08. The van der Waals surface area contributed by atoms with Gasteiger partial charge < -0.3 is 16.2 Å². The first-order valence-corrected chi connectivity index (χ1v) is 4.95. The van der Waals surface area contributed by atoms with Crippen LogP contribution in [0.15, 0.2) is 6.07 Å². The van der Waals surface area contributed by atoms with E-state index in [4.69, 9.17) is 11.5 Å². The smallest absolute Gasteiger partial charge is 0.357 e. The highest BCUT2D eigenvalue weighted by atomic mass is 19.3. The number of hydrogen-bond donors (Lipinski definition) is 2. The van der Waals surface area contributed by atoms with E-state index < -0.39 is 23.7 Å². The molecule has 4 N–H and O–H groups in total. The molecule has 0 fully saturated rings. The average molecular weight is 245 g/mol. The number of carbonyl (C=O) groups excluding carboxylic acids is 1. The number of anilines is 1. The summed E-state index contributed by atoms with van der Waals surface area (Å²) < 4.78 is 30.1. The Morgan fingerprint density at radius 3 is 2.71 bits per heavy atom. The molecule has 0 aliphatic rings. The van der Waals surface area contributed by atoms with Crippen LogP contribution in [0.3, 0.4) is 0 Å². The molecule has 0 atom stereocenters. The lowest BCUT2D eigenvalue weighted by atomic mass is 10.1. The molecule has 0 spiro atoms. The van der Waals surface area contributed by atoms with Crippen molar-refractivity contribution < 1.29 is 18.3 Å². The number of nitrogens with two attached hydrogens (primary N) is 2. The van der Waals surface area contributed by atoms with Gasteiger partial charge in [0.1, 0.15) is 5.82 Å². The topological polar surface area (TPSA) is 91.2 Å². The molecule has 0 aromatic carbocycles. The second-order valence-corrected chi connectivity index (χ2v) is 3.20. The highest BCUT2D eigenvalue weighted by Crippen LogP contribution is 2.25. The van der Waals surface area contributed by atoms with Gasteiger partial charge >= 0.3 is 5.97 Å². The fraction of sp³-hybridized carbons (Fsp3) is 0.400. The minimum atomic E-state index is -2.84. The normalized spacial score (nSPS) is 10.6. The first kappa shape index (κ1) is 13.3. The minimum absolute atomic E-state index is 0.0261. The highest BCUT2D eigenvalue weighted by Gasteiger charge is 2.23. The summed E-state index contributed by atoms with van der Waals surface area (Å²) in [7, 11) is 0. The summed E-state index contributed by atoms with van der Waals surface area (Å²) in [5.74, 6) is -0.960. The SMILES string of the molecule is CCOC(=O)c1nc(N)c(CN)cc1C(F)F. The number of nitrogen functional groups attached to an aromatic ring is 1. The number of pyridine rings is 1. The second-order valence-electron chi connectivity index (χ2n) is 3.20. The van der Waals surface area contributed by atoms with Crippen molar-refractivity contribution in [2.45, 2.75) is 19.9 Å². The Morgan fingerprint density at radius 1 is 1.59 bits per heavy atom. The summed E-state index contributed by atoms with van der Waals surface area (Å²) in [4.78, 5) is 15.0. The zero-order chi connectivity index (χ0) is 13.0. The standard InChI is InChI=1S/C10H13F2N3O2/c1-2-17-10(16)7-6(8(11)12)3-5(4-13)9(14)15-7/h3,8H,2,4,13H2,1H3,(H2,14,15). The number of halogens is 2. The van der Waals surface area contributed by atoms with Gasteiger partial charge in [0.05, 0.1) is 12.2 Å². The van der Waals surface area contributed by atoms with Gasteiger partial charge in [0.2, 0.25) is 0 Å². The number of rotatable bonds is 4. The zero-order valence-corrected chi connectivity index (χ0v) is 9.24. The van der Waals surface area contributed by atoms with E-state index in [1.807, 2.05) is 0 Å². The molecule has 1 aromatic heterocycles. The quantitative estimate of drug-likeness (QED) is 0.778. The fourth-order valence-corrected chi connectivity index (χ4v) is 1.28. The molecular weight excluding hydrogens is 232 g/mol. The van der Waals surface area contributed by atoms with Gasteiger partial charge in [-0.3, -0.25) is 0 Å². The molecule has 1 aromatic rings. The molecule has 5 nitrogen and oxygen atoms in total. The van der Waals surface area contributed by atoms with Gasteiger partial charge in [-0.15, -0.1) is 0 Å². The van der Waals surface area contributed by atoms with Crippen molar-refractivity contribution in [3.05, 3.63) is 22.9 Å². The number of ether oxygens (including phenoxy) is 1. The van der Waals surface area contributed by atoms with Crippen molar-refractivity contribution in [1.82, 2.24) is 4.98 Å². The lowest BCUT2D eigenvalue weighted by molar-refractivity contribution is 0.0508. The second kappa shape index (κ2) is 5.53. The van der Waals surface area contributed by atoms with Gasteiger partial charge in [-0.05, 0) is 13.0 Å². The minimum Gasteiger partial charge on any atom is -0.461 e. The van der Waals surface area contributed by atoms with Crippen LogP contribution in [-0.2, 0) is 11.3 Å². The molecule has 0 radical (unpaired) electrons. The number of carbonyl (C=O) groups is 1. The number of alkyl halides is 2. The Morgan fingerprint density at radius 2 is 2.24 bits per heavy atom. The largest absolute Gasteiger partial charge is 0.461 e. The van der Waals surface area contributed by atoms with Gasteiger partial charge in [-0.25, -0.2) is 18.6 Å². The van der Waals surface area contributed by atoms with Crippen molar-refractivity contribution >= 4 is 11.8 Å². The fourth-order valence-electron chi connectivity index (χ4n) is 1.28. The third kappa shape index (κ3) is 2.88. The molecule has 0 saturated heterocycles. The molecule has 0 unspecified atom stereocenters. The van der Waals surface area contributed by atoms with Crippen molar-refractivity contribution in [1.29, 1.82) is 0 Å².